The third kappa shape index (κ3) is 4.27. The van der Waals surface area contributed by atoms with E-state index in [4.69, 9.17) is 8.83 Å². The van der Waals surface area contributed by atoms with E-state index in [1.165, 1.54) is 12.3 Å². The number of nitrogens with zero attached hydrogens (tertiary/aromatic N) is 3. The zero-order valence-electron chi connectivity index (χ0n) is 20.0. The number of hydrogen-bond donors (Lipinski definition) is 1. The number of thiophene rings is 1. The Balaban J connectivity index is 1.38. The minimum Gasteiger partial charge on any atom is -0.477 e. The quantitative estimate of drug-likeness (QED) is 0.400. The Morgan fingerprint density at radius 1 is 1.22 bits per heavy atom. The Hall–Kier alpha value is -3.70. The summed E-state index contributed by atoms with van der Waals surface area (Å²) in [4.78, 5) is 41.3. The van der Waals surface area contributed by atoms with Gasteiger partial charge in [0.15, 0.2) is 5.76 Å². The first-order valence-electron chi connectivity index (χ1n) is 12.0. The van der Waals surface area contributed by atoms with Gasteiger partial charge in [-0.1, -0.05) is 6.07 Å². The molecule has 4 heterocycles. The van der Waals surface area contributed by atoms with Crippen LogP contribution in [0.15, 0.2) is 54.3 Å². The number of aromatic nitrogens is 1. The molecule has 37 heavy (non-hydrogen) atoms. The van der Waals surface area contributed by atoms with Gasteiger partial charge in [-0.3, -0.25) is 9.69 Å². The number of carboxylic acids is 1. The van der Waals surface area contributed by atoms with Crippen LogP contribution in [0, 0.1) is 12.7 Å². The summed E-state index contributed by atoms with van der Waals surface area (Å²) in [7, 11) is 0. The van der Waals surface area contributed by atoms with Crippen LogP contribution in [-0.4, -0.2) is 40.2 Å². The third-order valence-corrected chi connectivity index (χ3v) is 8.13. The Morgan fingerprint density at radius 2 is 2.03 bits per heavy atom. The van der Waals surface area contributed by atoms with Crippen LogP contribution in [-0.2, 0) is 6.54 Å². The lowest BCUT2D eigenvalue weighted by Gasteiger charge is -2.42. The molecule has 1 N–H and O–H groups in total. The minimum atomic E-state index is -1.32. The molecule has 4 aromatic rings. The molecule has 0 radical (unpaired) electrons. The van der Waals surface area contributed by atoms with Crippen molar-refractivity contribution < 1.29 is 23.1 Å². The molecule has 9 nitrogen and oxygen atoms in total. The molecule has 2 aliphatic rings. The Kier molecular flexibility index (Phi) is 5.76. The predicted molar refractivity (Wildman–Crippen MR) is 135 cm³/mol. The van der Waals surface area contributed by atoms with Gasteiger partial charge < -0.3 is 23.4 Å². The molecular weight excluding hydrogens is 501 g/mol. The second-order valence-corrected chi connectivity index (χ2v) is 10.5. The van der Waals surface area contributed by atoms with Crippen LogP contribution in [0.3, 0.4) is 0 Å². The van der Waals surface area contributed by atoms with Crippen LogP contribution >= 0.6 is 11.3 Å². The van der Waals surface area contributed by atoms with E-state index in [9.17, 15) is 19.5 Å². The first kappa shape index (κ1) is 23.7. The second-order valence-electron chi connectivity index (χ2n) is 9.52. The number of fused-ring (bicyclic) bond motifs is 1. The fourth-order valence-corrected chi connectivity index (χ4v) is 5.94. The average molecular weight is 526 g/mol. The molecule has 0 bridgehead atoms. The Labute approximate surface area is 213 Å². The SMILES string of the molecule is Cc1oc(=O)oc1CN1CCN(c2cc3c(cc2F)c(=O)c(C(=O)O)cn3C2CC2)CC1c1cccs1. The lowest BCUT2D eigenvalue weighted by Crippen LogP contribution is -2.48. The largest absolute Gasteiger partial charge is 0.519 e. The van der Waals surface area contributed by atoms with Crippen LogP contribution in [0.25, 0.3) is 10.9 Å². The van der Waals surface area contributed by atoms with Crippen molar-refractivity contribution in [2.75, 3.05) is 24.5 Å². The predicted octanol–water partition coefficient (Wildman–Crippen LogP) is 4.15. The number of anilines is 1. The van der Waals surface area contributed by atoms with Gasteiger partial charge in [0.25, 0.3) is 0 Å². The summed E-state index contributed by atoms with van der Waals surface area (Å²) in [6.45, 7) is 3.63. The molecule has 6 rings (SSSR count). The van der Waals surface area contributed by atoms with Gasteiger partial charge in [-0.25, -0.2) is 14.0 Å². The van der Waals surface area contributed by atoms with Gasteiger partial charge in [0.1, 0.15) is 17.1 Å². The molecule has 11 heteroatoms. The summed E-state index contributed by atoms with van der Waals surface area (Å²) in [5, 5.41) is 11.6. The maximum absolute atomic E-state index is 15.5. The van der Waals surface area contributed by atoms with E-state index >= 15 is 4.39 Å². The van der Waals surface area contributed by atoms with Crippen molar-refractivity contribution in [2.24, 2.45) is 0 Å². The highest BCUT2D eigenvalue weighted by Gasteiger charge is 2.33. The van der Waals surface area contributed by atoms with Gasteiger partial charge in [-0.2, -0.15) is 0 Å². The molecule has 1 atom stereocenters. The zero-order valence-corrected chi connectivity index (χ0v) is 20.8. The van der Waals surface area contributed by atoms with Gasteiger partial charge in [-0.15, -0.1) is 11.3 Å². The highest BCUT2D eigenvalue weighted by molar-refractivity contribution is 7.10. The maximum Gasteiger partial charge on any atom is 0.519 e. The fraction of sp³-hybridized carbons (Fsp3) is 0.346. The van der Waals surface area contributed by atoms with E-state index in [0.29, 0.717) is 48.9 Å². The van der Waals surface area contributed by atoms with Gasteiger partial charge in [0.05, 0.1) is 23.8 Å². The molecule has 1 aliphatic heterocycles. The molecule has 1 saturated carbocycles. The standard InChI is InChI=1S/C26H24FN3O6S/c1-14-22(36-26(34)35-14)13-29-7-6-28(12-21(29)23-3-2-8-37-23)20-10-19-16(9-18(20)27)24(31)17(25(32)33)11-30(19)15-4-5-15/h2-3,8-11,15,21H,4-7,12-13H2,1H3,(H,32,33). The molecule has 0 spiro atoms. The summed E-state index contributed by atoms with van der Waals surface area (Å²) < 4.78 is 27.6. The van der Waals surface area contributed by atoms with Crippen molar-refractivity contribution in [2.45, 2.75) is 38.4 Å². The van der Waals surface area contributed by atoms with Crippen LogP contribution < -0.4 is 16.2 Å². The highest BCUT2D eigenvalue weighted by atomic mass is 32.1. The summed E-state index contributed by atoms with van der Waals surface area (Å²) >= 11 is 1.60. The summed E-state index contributed by atoms with van der Waals surface area (Å²) in [5.41, 5.74) is -0.112. The molecule has 192 valence electrons. The summed E-state index contributed by atoms with van der Waals surface area (Å²) in [5.74, 6) is -1.70. The Morgan fingerprint density at radius 3 is 2.68 bits per heavy atom. The highest BCUT2D eigenvalue weighted by Crippen LogP contribution is 2.39. The van der Waals surface area contributed by atoms with Crippen molar-refractivity contribution in [3.05, 3.63) is 84.5 Å². The van der Waals surface area contributed by atoms with E-state index in [2.05, 4.69) is 4.90 Å². The molecule has 1 unspecified atom stereocenters. The van der Waals surface area contributed by atoms with E-state index in [0.717, 1.165) is 17.7 Å². The summed E-state index contributed by atoms with van der Waals surface area (Å²) in [6.07, 6.45) is 3.15. The van der Waals surface area contributed by atoms with E-state index in [1.807, 2.05) is 22.4 Å². The van der Waals surface area contributed by atoms with Gasteiger partial charge in [0, 0.05) is 42.1 Å². The van der Waals surface area contributed by atoms with Crippen LogP contribution in [0.5, 0.6) is 0 Å². The molecule has 1 aromatic carbocycles. The number of hydrogen-bond acceptors (Lipinski definition) is 8. The first-order chi connectivity index (χ1) is 17.8. The van der Waals surface area contributed by atoms with E-state index in [-0.39, 0.29) is 23.0 Å². The van der Waals surface area contributed by atoms with Gasteiger partial charge in [-0.05, 0) is 43.3 Å². The van der Waals surface area contributed by atoms with Crippen LogP contribution in [0.1, 0.15) is 51.7 Å². The molecule has 0 amide bonds. The van der Waals surface area contributed by atoms with Crippen molar-refractivity contribution in [1.82, 2.24) is 9.47 Å². The van der Waals surface area contributed by atoms with Crippen molar-refractivity contribution >= 4 is 33.9 Å². The molecule has 1 aliphatic carbocycles. The molecular formula is C26H24FN3O6S. The number of carboxylic acid groups (broad SMARTS) is 1. The first-order valence-corrected chi connectivity index (χ1v) is 12.9. The lowest BCUT2D eigenvalue weighted by atomic mass is 10.1. The third-order valence-electron chi connectivity index (χ3n) is 7.16. The number of rotatable bonds is 6. The monoisotopic (exact) mass is 525 g/mol. The van der Waals surface area contributed by atoms with Gasteiger partial charge >= 0.3 is 11.8 Å². The number of pyridine rings is 1. The maximum atomic E-state index is 15.5. The molecule has 2 fully saturated rings. The minimum absolute atomic E-state index is 0.0759. The number of aromatic carboxylic acids is 1. The second kappa shape index (κ2) is 9.00. The van der Waals surface area contributed by atoms with Gasteiger partial charge in [0.2, 0.25) is 5.43 Å². The zero-order chi connectivity index (χ0) is 25.8. The molecule has 1 saturated heterocycles. The summed E-state index contributed by atoms with van der Waals surface area (Å²) in [6, 6.07) is 6.85. The van der Waals surface area contributed by atoms with Crippen LogP contribution in [0.2, 0.25) is 0 Å². The van der Waals surface area contributed by atoms with Crippen LogP contribution in [0.4, 0.5) is 10.1 Å². The number of aryl methyl sites for hydroxylation is 1. The number of benzene rings is 1. The van der Waals surface area contributed by atoms with E-state index in [1.54, 1.807) is 28.9 Å². The smallest absolute Gasteiger partial charge is 0.477 e. The van der Waals surface area contributed by atoms with Crippen molar-refractivity contribution in [1.29, 1.82) is 0 Å². The normalized spacial score (nSPS) is 18.5. The average Bonchev–Trinajstić information content (AvgIpc) is 3.46. The van der Waals surface area contributed by atoms with E-state index < -0.39 is 23.0 Å². The topological polar surface area (TPSA) is 109 Å². The lowest BCUT2D eigenvalue weighted by molar-refractivity contribution is 0.0695. The fourth-order valence-electron chi connectivity index (χ4n) is 5.09. The number of piperazine rings is 1. The number of halogens is 1. The molecule has 3 aromatic heterocycles. The Bertz CT molecular complexity index is 1620. The van der Waals surface area contributed by atoms with Crippen molar-refractivity contribution in [3.63, 3.8) is 0 Å². The number of carbonyl (C=O) groups is 1. The van der Waals surface area contributed by atoms with Crippen molar-refractivity contribution in [3.8, 4) is 0 Å².